The number of fused-ring (bicyclic) bond motifs is 2. The lowest BCUT2D eigenvalue weighted by atomic mass is 9.91. The summed E-state index contributed by atoms with van der Waals surface area (Å²) in [4.78, 5) is 24.4. The first-order valence-electron chi connectivity index (χ1n) is 12.1. The summed E-state index contributed by atoms with van der Waals surface area (Å²) in [5.74, 6) is 2.79. The van der Waals surface area contributed by atoms with Gasteiger partial charge in [0.1, 0.15) is 35.2 Å². The molecule has 0 amide bonds. The third-order valence-electron chi connectivity index (χ3n) is 6.75. The summed E-state index contributed by atoms with van der Waals surface area (Å²) >= 11 is 0. The predicted octanol–water partition coefficient (Wildman–Crippen LogP) is 3.90. The number of aromatic nitrogens is 7. The largest absolute Gasteiger partial charge is 0.457 e. The van der Waals surface area contributed by atoms with E-state index < -0.39 is 5.60 Å². The van der Waals surface area contributed by atoms with E-state index in [9.17, 15) is 5.11 Å². The van der Waals surface area contributed by atoms with Crippen molar-refractivity contribution >= 4 is 34.1 Å². The van der Waals surface area contributed by atoms with Crippen LogP contribution in [0.4, 0.5) is 17.5 Å². The van der Waals surface area contributed by atoms with Crippen LogP contribution in [0.25, 0.3) is 16.7 Å². The Hall–Kier alpha value is -4.38. The van der Waals surface area contributed by atoms with Gasteiger partial charge in [0.15, 0.2) is 11.5 Å². The Kier molecular flexibility index (Phi) is 5.56. The smallest absolute Gasteiger partial charge is 0.226 e. The second-order valence-electron chi connectivity index (χ2n) is 9.84. The highest BCUT2D eigenvalue weighted by molar-refractivity contribution is 5.87. The first kappa shape index (κ1) is 23.0. The molecule has 5 heterocycles. The highest BCUT2D eigenvalue weighted by Gasteiger charge is 2.34. The SMILES string of the molecule is Cc1cc(Nc2ncnc3cnc(N4CC[C@@H](C(C)(C)O)C4)nc23)ccc1Oc1ccn2ncnc2c1. The summed E-state index contributed by atoms with van der Waals surface area (Å²) in [7, 11) is 0. The van der Waals surface area contributed by atoms with Crippen LogP contribution in [0.3, 0.4) is 0 Å². The van der Waals surface area contributed by atoms with Gasteiger partial charge >= 0.3 is 0 Å². The van der Waals surface area contributed by atoms with Gasteiger partial charge in [-0.15, -0.1) is 0 Å². The van der Waals surface area contributed by atoms with Gasteiger partial charge in [0.25, 0.3) is 0 Å². The minimum Gasteiger partial charge on any atom is -0.457 e. The fraction of sp³-hybridized carbons (Fsp3) is 0.308. The maximum atomic E-state index is 10.4. The molecule has 0 spiro atoms. The number of anilines is 3. The molecule has 1 aliphatic heterocycles. The Bertz CT molecular complexity index is 1590. The average Bonchev–Trinajstić information content (AvgIpc) is 3.55. The van der Waals surface area contributed by atoms with Gasteiger partial charge in [-0.3, -0.25) is 0 Å². The van der Waals surface area contributed by atoms with Gasteiger partial charge in [0.05, 0.1) is 11.8 Å². The molecule has 0 aliphatic carbocycles. The molecule has 1 saturated heterocycles. The van der Waals surface area contributed by atoms with Crippen molar-refractivity contribution in [1.82, 2.24) is 34.5 Å². The van der Waals surface area contributed by atoms with Gasteiger partial charge in [-0.25, -0.2) is 29.4 Å². The molecule has 0 saturated carbocycles. The van der Waals surface area contributed by atoms with E-state index >= 15 is 0 Å². The molecular formula is C26H27N9O2. The molecule has 5 aromatic rings. The molecule has 1 fully saturated rings. The predicted molar refractivity (Wildman–Crippen MR) is 139 cm³/mol. The van der Waals surface area contributed by atoms with Crippen molar-refractivity contribution in [2.75, 3.05) is 23.3 Å². The lowest BCUT2D eigenvalue weighted by molar-refractivity contribution is 0.0263. The fourth-order valence-electron chi connectivity index (χ4n) is 4.57. The van der Waals surface area contributed by atoms with Crippen LogP contribution in [0.1, 0.15) is 25.8 Å². The quantitative estimate of drug-likeness (QED) is 0.356. The van der Waals surface area contributed by atoms with Crippen LogP contribution in [0.2, 0.25) is 0 Å². The van der Waals surface area contributed by atoms with Crippen LogP contribution in [-0.2, 0) is 0 Å². The Balaban J connectivity index is 1.23. The van der Waals surface area contributed by atoms with Crippen LogP contribution in [0.5, 0.6) is 11.5 Å². The number of nitrogens with one attached hydrogen (secondary N) is 1. The summed E-state index contributed by atoms with van der Waals surface area (Å²) < 4.78 is 7.77. The topological polar surface area (TPSA) is 126 Å². The van der Waals surface area contributed by atoms with Crippen LogP contribution in [0, 0.1) is 12.8 Å². The Labute approximate surface area is 213 Å². The third-order valence-corrected chi connectivity index (χ3v) is 6.75. The van der Waals surface area contributed by atoms with Crippen molar-refractivity contribution in [3.8, 4) is 11.5 Å². The van der Waals surface area contributed by atoms with Crippen molar-refractivity contribution < 1.29 is 9.84 Å². The highest BCUT2D eigenvalue weighted by atomic mass is 16.5. The van der Waals surface area contributed by atoms with E-state index in [-0.39, 0.29) is 5.92 Å². The van der Waals surface area contributed by atoms with Crippen LogP contribution >= 0.6 is 0 Å². The summed E-state index contributed by atoms with van der Waals surface area (Å²) in [6, 6.07) is 9.53. The second kappa shape index (κ2) is 8.93. The molecule has 6 rings (SSSR count). The van der Waals surface area contributed by atoms with E-state index in [1.54, 1.807) is 10.7 Å². The number of rotatable bonds is 6. The number of aliphatic hydroxyl groups is 1. The Morgan fingerprint density at radius 2 is 1.97 bits per heavy atom. The number of hydrogen-bond acceptors (Lipinski definition) is 10. The van der Waals surface area contributed by atoms with E-state index in [1.165, 1.54) is 12.7 Å². The fourth-order valence-corrected chi connectivity index (χ4v) is 4.57. The van der Waals surface area contributed by atoms with E-state index in [2.05, 4.69) is 35.3 Å². The van der Waals surface area contributed by atoms with Crippen molar-refractivity contribution in [1.29, 1.82) is 0 Å². The number of pyridine rings is 1. The summed E-state index contributed by atoms with van der Waals surface area (Å²) in [6.07, 6.45) is 7.43. The molecule has 4 aromatic heterocycles. The molecule has 11 heteroatoms. The van der Waals surface area contributed by atoms with Gasteiger partial charge in [0, 0.05) is 37.0 Å². The number of aryl methyl sites for hydroxylation is 1. The lowest BCUT2D eigenvalue weighted by Crippen LogP contribution is -2.33. The van der Waals surface area contributed by atoms with E-state index in [0.29, 0.717) is 35.1 Å². The molecule has 2 N–H and O–H groups in total. The molecular weight excluding hydrogens is 470 g/mol. The first-order valence-corrected chi connectivity index (χ1v) is 12.1. The van der Waals surface area contributed by atoms with Crippen LogP contribution < -0.4 is 15.0 Å². The molecule has 1 aliphatic rings. The Morgan fingerprint density at radius 1 is 1.08 bits per heavy atom. The first-order chi connectivity index (χ1) is 17.8. The standard InChI is InChI=1S/C26H27N9O2/c1-16-10-18(4-5-21(16)37-19-7-9-35-22(11-19)29-15-31-35)32-24-23-20(28-14-30-24)12-27-25(33-23)34-8-6-17(13-34)26(2,3)36/h4-5,7,9-12,14-15,17,36H,6,8,13H2,1-3H3,(H,28,30,32)/t17-/m1/s1. The van der Waals surface area contributed by atoms with E-state index in [4.69, 9.17) is 9.72 Å². The van der Waals surface area contributed by atoms with E-state index in [0.717, 1.165) is 35.6 Å². The van der Waals surface area contributed by atoms with Crippen molar-refractivity contribution in [2.45, 2.75) is 32.8 Å². The minimum atomic E-state index is -0.738. The normalized spacial score (nSPS) is 16.0. The molecule has 1 atom stereocenters. The third kappa shape index (κ3) is 4.60. The van der Waals surface area contributed by atoms with Crippen LogP contribution in [0.15, 0.2) is 55.4 Å². The van der Waals surface area contributed by atoms with Crippen molar-refractivity contribution in [2.24, 2.45) is 5.92 Å². The number of ether oxygens (including phenoxy) is 1. The van der Waals surface area contributed by atoms with Crippen molar-refractivity contribution in [3.05, 3.63) is 60.9 Å². The minimum absolute atomic E-state index is 0.165. The zero-order valence-electron chi connectivity index (χ0n) is 20.8. The summed E-state index contributed by atoms with van der Waals surface area (Å²) in [6.45, 7) is 7.19. The summed E-state index contributed by atoms with van der Waals surface area (Å²) in [5, 5.41) is 17.9. The molecule has 11 nitrogen and oxygen atoms in total. The van der Waals surface area contributed by atoms with E-state index in [1.807, 2.05) is 57.3 Å². The average molecular weight is 498 g/mol. The maximum absolute atomic E-state index is 10.4. The maximum Gasteiger partial charge on any atom is 0.226 e. The lowest BCUT2D eigenvalue weighted by Gasteiger charge is -2.25. The molecule has 188 valence electrons. The molecule has 37 heavy (non-hydrogen) atoms. The van der Waals surface area contributed by atoms with Gasteiger partial charge in [-0.2, -0.15) is 5.10 Å². The number of nitrogens with zero attached hydrogens (tertiary/aromatic N) is 8. The zero-order valence-corrected chi connectivity index (χ0v) is 20.8. The summed E-state index contributed by atoms with van der Waals surface area (Å²) in [5.41, 5.74) is 3.07. The van der Waals surface area contributed by atoms with Gasteiger partial charge in [0.2, 0.25) is 5.95 Å². The monoisotopic (exact) mass is 497 g/mol. The van der Waals surface area contributed by atoms with Crippen molar-refractivity contribution in [3.63, 3.8) is 0 Å². The molecule has 0 unspecified atom stereocenters. The highest BCUT2D eigenvalue weighted by Crippen LogP contribution is 2.32. The molecule has 1 aromatic carbocycles. The zero-order chi connectivity index (χ0) is 25.6. The Morgan fingerprint density at radius 3 is 2.78 bits per heavy atom. The number of benzene rings is 1. The van der Waals surface area contributed by atoms with Gasteiger partial charge < -0.3 is 20.1 Å². The molecule has 0 bridgehead atoms. The van der Waals surface area contributed by atoms with Gasteiger partial charge in [-0.05, 0) is 57.0 Å². The second-order valence-corrected chi connectivity index (χ2v) is 9.84. The van der Waals surface area contributed by atoms with Crippen LogP contribution in [-0.4, -0.2) is 58.3 Å². The van der Waals surface area contributed by atoms with Gasteiger partial charge in [-0.1, -0.05) is 0 Å². The number of hydrogen-bond donors (Lipinski definition) is 2. The molecule has 0 radical (unpaired) electrons.